The number of hydrogen-bond acceptors (Lipinski definition) is 3. The van der Waals surface area contributed by atoms with Crippen molar-refractivity contribution >= 4 is 11.4 Å². The van der Waals surface area contributed by atoms with E-state index in [0.29, 0.717) is 11.1 Å². The number of hydrogen-bond donors (Lipinski definition) is 1. The molecule has 0 aliphatic carbocycles. The van der Waals surface area contributed by atoms with Gasteiger partial charge in [-0.2, -0.15) is 0 Å². The summed E-state index contributed by atoms with van der Waals surface area (Å²) in [6.45, 7) is 13.3. The van der Waals surface area contributed by atoms with Gasteiger partial charge in [-0.15, -0.1) is 0 Å². The Bertz CT molecular complexity index is 463. The van der Waals surface area contributed by atoms with Gasteiger partial charge in [-0.05, 0) is 43.7 Å². The summed E-state index contributed by atoms with van der Waals surface area (Å²) in [5.41, 5.74) is 8.30. The molecule has 0 saturated carbocycles. The van der Waals surface area contributed by atoms with Crippen LogP contribution in [0.4, 0.5) is 11.4 Å². The summed E-state index contributed by atoms with van der Waals surface area (Å²) in [7, 11) is 0. The number of nitrogens with zero attached hydrogens (tertiary/aromatic N) is 1. The molecule has 1 fully saturated rings. The Morgan fingerprint density at radius 2 is 2.00 bits per heavy atom. The van der Waals surface area contributed by atoms with Crippen molar-refractivity contribution in [3.05, 3.63) is 18.2 Å². The topological polar surface area (TPSA) is 38.5 Å². The van der Waals surface area contributed by atoms with E-state index in [0.717, 1.165) is 24.8 Å². The minimum Gasteiger partial charge on any atom is -0.489 e. The van der Waals surface area contributed by atoms with Crippen LogP contribution in [0.5, 0.6) is 5.75 Å². The van der Waals surface area contributed by atoms with Crippen LogP contribution in [-0.2, 0) is 0 Å². The normalized spacial score (nSPS) is 19.7. The molecule has 2 N–H and O–H groups in total. The molecule has 0 spiro atoms. The van der Waals surface area contributed by atoms with Gasteiger partial charge >= 0.3 is 0 Å². The van der Waals surface area contributed by atoms with E-state index in [1.54, 1.807) is 0 Å². The van der Waals surface area contributed by atoms with Gasteiger partial charge in [0, 0.05) is 24.8 Å². The lowest BCUT2D eigenvalue weighted by molar-refractivity contribution is 0.244. The zero-order valence-corrected chi connectivity index (χ0v) is 13.4. The summed E-state index contributed by atoms with van der Waals surface area (Å²) in [4.78, 5) is 2.45. The lowest BCUT2D eigenvalue weighted by Crippen LogP contribution is -2.25. The summed E-state index contributed by atoms with van der Waals surface area (Å²) in [5.74, 6) is 1.55. The molecule has 1 saturated heterocycles. The molecule has 1 unspecified atom stereocenters. The van der Waals surface area contributed by atoms with Crippen LogP contribution in [0.2, 0.25) is 0 Å². The molecular weight excluding hydrogens is 248 g/mol. The fourth-order valence-corrected chi connectivity index (χ4v) is 2.78. The lowest BCUT2D eigenvalue weighted by atomic mass is 9.80. The van der Waals surface area contributed by atoms with E-state index in [4.69, 9.17) is 10.5 Å². The zero-order valence-electron chi connectivity index (χ0n) is 13.4. The van der Waals surface area contributed by atoms with E-state index in [-0.39, 0.29) is 6.10 Å². The molecular formula is C17H28N2O. The molecule has 1 aliphatic rings. The number of nitrogen functional groups attached to an aromatic ring is 1. The Hall–Kier alpha value is -1.38. The Morgan fingerprint density at radius 3 is 2.55 bits per heavy atom. The average molecular weight is 276 g/mol. The van der Waals surface area contributed by atoms with Crippen LogP contribution in [0.15, 0.2) is 18.2 Å². The second kappa shape index (κ2) is 5.55. The molecule has 112 valence electrons. The molecule has 1 atom stereocenters. The van der Waals surface area contributed by atoms with Crippen molar-refractivity contribution in [3.8, 4) is 5.75 Å². The van der Waals surface area contributed by atoms with E-state index in [1.807, 2.05) is 19.9 Å². The first-order valence-corrected chi connectivity index (χ1v) is 7.58. The van der Waals surface area contributed by atoms with Gasteiger partial charge in [0.2, 0.25) is 0 Å². The Balaban J connectivity index is 2.14. The monoisotopic (exact) mass is 276 g/mol. The predicted octanol–water partition coefficient (Wildman–Crippen LogP) is 3.93. The van der Waals surface area contributed by atoms with Crippen molar-refractivity contribution in [2.75, 3.05) is 23.7 Å². The van der Waals surface area contributed by atoms with Crippen molar-refractivity contribution in [1.29, 1.82) is 0 Å². The number of benzene rings is 1. The second-order valence-electron chi connectivity index (χ2n) is 7.19. The van der Waals surface area contributed by atoms with Crippen LogP contribution in [0.1, 0.15) is 41.0 Å². The van der Waals surface area contributed by atoms with E-state index in [1.165, 1.54) is 12.1 Å². The quantitative estimate of drug-likeness (QED) is 0.850. The molecule has 1 aromatic carbocycles. The van der Waals surface area contributed by atoms with Gasteiger partial charge in [-0.25, -0.2) is 0 Å². The highest BCUT2D eigenvalue weighted by molar-refractivity contribution is 5.62. The molecule has 0 aromatic heterocycles. The summed E-state index contributed by atoms with van der Waals surface area (Å²) in [6.07, 6.45) is 1.40. The third kappa shape index (κ3) is 3.38. The third-order valence-electron chi connectivity index (χ3n) is 4.14. The SMILES string of the molecule is CC(C)Oc1cc(N2CCC(C(C)(C)C)C2)ccc1N. The molecule has 1 heterocycles. The van der Waals surface area contributed by atoms with Crippen molar-refractivity contribution in [1.82, 2.24) is 0 Å². The first-order chi connectivity index (χ1) is 9.27. The Morgan fingerprint density at radius 1 is 1.30 bits per heavy atom. The van der Waals surface area contributed by atoms with E-state index >= 15 is 0 Å². The molecule has 3 nitrogen and oxygen atoms in total. The third-order valence-corrected chi connectivity index (χ3v) is 4.14. The van der Waals surface area contributed by atoms with Crippen molar-refractivity contribution in [2.45, 2.75) is 47.1 Å². The van der Waals surface area contributed by atoms with Crippen LogP contribution >= 0.6 is 0 Å². The smallest absolute Gasteiger partial charge is 0.144 e. The molecule has 1 aliphatic heterocycles. The number of ether oxygens (including phenoxy) is 1. The van der Waals surface area contributed by atoms with E-state index in [9.17, 15) is 0 Å². The van der Waals surface area contributed by atoms with Crippen LogP contribution < -0.4 is 15.4 Å². The fourth-order valence-electron chi connectivity index (χ4n) is 2.78. The highest BCUT2D eigenvalue weighted by atomic mass is 16.5. The summed E-state index contributed by atoms with van der Waals surface area (Å²) < 4.78 is 5.79. The second-order valence-corrected chi connectivity index (χ2v) is 7.19. The summed E-state index contributed by atoms with van der Waals surface area (Å²) >= 11 is 0. The fraction of sp³-hybridized carbons (Fsp3) is 0.647. The molecule has 3 heteroatoms. The lowest BCUT2D eigenvalue weighted by Gasteiger charge is -2.27. The number of nitrogens with two attached hydrogens (primary N) is 1. The summed E-state index contributed by atoms with van der Waals surface area (Å²) in [5, 5.41) is 0. The maximum Gasteiger partial charge on any atom is 0.144 e. The molecule has 2 rings (SSSR count). The van der Waals surface area contributed by atoms with E-state index in [2.05, 4.69) is 37.8 Å². The highest BCUT2D eigenvalue weighted by Crippen LogP contribution is 2.37. The van der Waals surface area contributed by atoms with E-state index < -0.39 is 0 Å². The summed E-state index contributed by atoms with van der Waals surface area (Å²) in [6, 6.07) is 6.14. The van der Waals surface area contributed by atoms with Crippen molar-refractivity contribution in [3.63, 3.8) is 0 Å². The zero-order chi connectivity index (χ0) is 14.9. The predicted molar refractivity (Wildman–Crippen MR) is 86.4 cm³/mol. The average Bonchev–Trinajstić information content (AvgIpc) is 2.80. The molecule has 0 amide bonds. The molecule has 20 heavy (non-hydrogen) atoms. The van der Waals surface area contributed by atoms with Crippen LogP contribution in [0.3, 0.4) is 0 Å². The Kier molecular flexibility index (Phi) is 4.17. The van der Waals surface area contributed by atoms with Gasteiger partial charge in [0.05, 0.1) is 11.8 Å². The van der Waals surface area contributed by atoms with Gasteiger partial charge in [-0.1, -0.05) is 20.8 Å². The highest BCUT2D eigenvalue weighted by Gasteiger charge is 2.32. The minimum atomic E-state index is 0.147. The van der Waals surface area contributed by atoms with Gasteiger partial charge in [0.25, 0.3) is 0 Å². The standard InChI is InChI=1S/C17H28N2O/c1-12(2)20-16-10-14(6-7-15(16)18)19-9-8-13(11-19)17(3,4)5/h6-7,10,12-13H,8-9,11,18H2,1-5H3. The van der Waals surface area contributed by atoms with Crippen molar-refractivity contribution in [2.24, 2.45) is 11.3 Å². The van der Waals surface area contributed by atoms with Crippen LogP contribution in [0.25, 0.3) is 0 Å². The number of rotatable bonds is 3. The maximum atomic E-state index is 5.99. The van der Waals surface area contributed by atoms with Crippen LogP contribution in [0, 0.1) is 11.3 Å². The van der Waals surface area contributed by atoms with Gasteiger partial charge < -0.3 is 15.4 Å². The molecule has 0 radical (unpaired) electrons. The van der Waals surface area contributed by atoms with Crippen LogP contribution in [-0.4, -0.2) is 19.2 Å². The maximum absolute atomic E-state index is 5.99. The minimum absolute atomic E-state index is 0.147. The largest absolute Gasteiger partial charge is 0.489 e. The number of anilines is 2. The van der Waals surface area contributed by atoms with Gasteiger partial charge in [0.15, 0.2) is 0 Å². The van der Waals surface area contributed by atoms with Crippen molar-refractivity contribution < 1.29 is 4.74 Å². The van der Waals surface area contributed by atoms with Gasteiger partial charge in [-0.3, -0.25) is 0 Å². The molecule has 0 bridgehead atoms. The molecule has 1 aromatic rings. The first kappa shape index (κ1) is 15.0. The first-order valence-electron chi connectivity index (χ1n) is 7.58. The van der Waals surface area contributed by atoms with Gasteiger partial charge in [0.1, 0.15) is 5.75 Å². The Labute approximate surface area is 123 Å².